The average molecular weight is 292 g/mol. The van der Waals surface area contributed by atoms with Crippen LogP contribution in [0, 0.1) is 0 Å². The summed E-state index contributed by atoms with van der Waals surface area (Å²) < 4.78 is 0. The number of hydrogen-bond acceptors (Lipinski definition) is 2. The van der Waals surface area contributed by atoms with Crippen molar-refractivity contribution >= 4 is 13.2 Å². The molecular formula is C18H21BN2O. The molecule has 1 aliphatic heterocycles. The Morgan fingerprint density at radius 1 is 1.23 bits per heavy atom. The van der Waals surface area contributed by atoms with Gasteiger partial charge < -0.3 is 5.32 Å². The predicted molar refractivity (Wildman–Crippen MR) is 90.2 cm³/mol. The molecule has 2 atom stereocenters. The van der Waals surface area contributed by atoms with E-state index in [9.17, 15) is 4.79 Å². The van der Waals surface area contributed by atoms with Gasteiger partial charge in [0.25, 0.3) is 0 Å². The van der Waals surface area contributed by atoms with Crippen molar-refractivity contribution in [3.63, 3.8) is 0 Å². The maximum absolute atomic E-state index is 12.5. The number of amides is 1. The van der Waals surface area contributed by atoms with Gasteiger partial charge in [-0.15, -0.1) is 0 Å². The van der Waals surface area contributed by atoms with Crippen LogP contribution in [0.15, 0.2) is 54.7 Å². The molecule has 0 unspecified atom stereocenters. The van der Waals surface area contributed by atoms with Gasteiger partial charge in [0.1, 0.15) is 7.28 Å². The zero-order valence-corrected chi connectivity index (χ0v) is 12.7. The van der Waals surface area contributed by atoms with Crippen LogP contribution in [0.2, 0.25) is 12.1 Å². The number of aromatic nitrogens is 1. The Hall–Kier alpha value is -2.10. The summed E-state index contributed by atoms with van der Waals surface area (Å²) >= 11 is 0. The quantitative estimate of drug-likeness (QED) is 0.861. The van der Waals surface area contributed by atoms with Crippen LogP contribution in [-0.4, -0.2) is 18.2 Å². The number of benzene rings is 1. The average Bonchev–Trinajstić information content (AvgIpc) is 3.11. The number of hydrogen-bond donors (Lipinski definition) is 1. The molecule has 112 valence electrons. The Morgan fingerprint density at radius 2 is 2.05 bits per heavy atom. The molecule has 1 amide bonds. The van der Waals surface area contributed by atoms with Gasteiger partial charge in [-0.1, -0.05) is 49.1 Å². The largest absolute Gasteiger partial charge is 0.349 e. The zero-order valence-electron chi connectivity index (χ0n) is 12.7. The molecule has 1 aromatic heterocycles. The molecular weight excluding hydrogens is 271 g/mol. The van der Waals surface area contributed by atoms with Gasteiger partial charge in [-0.3, -0.25) is 9.78 Å². The molecule has 1 fully saturated rings. The molecule has 2 aromatic rings. The van der Waals surface area contributed by atoms with Crippen molar-refractivity contribution in [1.29, 1.82) is 0 Å². The van der Waals surface area contributed by atoms with Crippen LogP contribution >= 0.6 is 0 Å². The molecule has 1 saturated heterocycles. The number of pyridine rings is 1. The molecule has 1 aromatic carbocycles. The first-order chi connectivity index (χ1) is 10.8. The fourth-order valence-corrected chi connectivity index (χ4v) is 3.14. The highest BCUT2D eigenvalue weighted by molar-refractivity contribution is 6.45. The summed E-state index contributed by atoms with van der Waals surface area (Å²) in [5.74, 6) is 0.386. The van der Waals surface area contributed by atoms with Crippen molar-refractivity contribution in [2.45, 2.75) is 37.4 Å². The van der Waals surface area contributed by atoms with Crippen LogP contribution < -0.4 is 5.32 Å². The Balaban J connectivity index is 1.75. The minimum Gasteiger partial charge on any atom is -0.349 e. The molecule has 0 spiro atoms. The van der Waals surface area contributed by atoms with Crippen molar-refractivity contribution in [1.82, 2.24) is 10.3 Å². The van der Waals surface area contributed by atoms with E-state index in [1.807, 2.05) is 36.4 Å². The Morgan fingerprint density at radius 3 is 2.73 bits per heavy atom. The van der Waals surface area contributed by atoms with Gasteiger partial charge in [0, 0.05) is 24.1 Å². The van der Waals surface area contributed by atoms with Gasteiger partial charge in [0.05, 0.1) is 6.04 Å². The number of carbonyl (C=O) groups excluding carboxylic acids is 1. The third kappa shape index (κ3) is 3.76. The number of nitrogens with zero attached hydrogens (tertiary/aromatic N) is 1. The number of nitrogens with one attached hydrogen (secondary N) is 1. The van der Waals surface area contributed by atoms with Crippen molar-refractivity contribution < 1.29 is 4.79 Å². The molecule has 1 N–H and O–H groups in total. The summed E-state index contributed by atoms with van der Waals surface area (Å²) in [7, 11) is 1.02. The normalized spacial score (nSPS) is 18.5. The van der Waals surface area contributed by atoms with E-state index in [4.69, 9.17) is 0 Å². The molecule has 0 saturated carbocycles. The van der Waals surface area contributed by atoms with Crippen molar-refractivity contribution in [3.05, 3.63) is 66.0 Å². The molecule has 2 heterocycles. The molecule has 0 aliphatic carbocycles. The van der Waals surface area contributed by atoms with Crippen molar-refractivity contribution in [2.75, 3.05) is 0 Å². The lowest BCUT2D eigenvalue weighted by atomic mass is 9.67. The minimum absolute atomic E-state index is 0.0100. The summed E-state index contributed by atoms with van der Waals surface area (Å²) in [4.78, 5) is 16.9. The fourth-order valence-electron chi connectivity index (χ4n) is 3.14. The predicted octanol–water partition coefficient (Wildman–Crippen LogP) is 2.92. The molecule has 22 heavy (non-hydrogen) atoms. The van der Waals surface area contributed by atoms with Crippen LogP contribution in [0.1, 0.15) is 30.1 Å². The maximum atomic E-state index is 12.5. The lowest BCUT2D eigenvalue weighted by molar-refractivity contribution is -0.121. The third-order valence-electron chi connectivity index (χ3n) is 4.38. The second-order valence-corrected chi connectivity index (χ2v) is 5.98. The molecule has 3 rings (SSSR count). The Bertz CT molecular complexity index is 597. The second-order valence-electron chi connectivity index (χ2n) is 5.98. The van der Waals surface area contributed by atoms with E-state index in [-0.39, 0.29) is 17.8 Å². The first kappa shape index (κ1) is 14.8. The number of rotatable bonds is 5. The third-order valence-corrected chi connectivity index (χ3v) is 4.38. The molecule has 0 radical (unpaired) electrons. The number of carbonyl (C=O) groups is 1. The van der Waals surface area contributed by atoms with Gasteiger partial charge >= 0.3 is 0 Å². The highest BCUT2D eigenvalue weighted by atomic mass is 16.1. The van der Waals surface area contributed by atoms with E-state index in [1.165, 1.54) is 12.7 Å². The summed E-state index contributed by atoms with van der Waals surface area (Å²) in [6.07, 6.45) is 5.90. The van der Waals surface area contributed by atoms with E-state index >= 15 is 0 Å². The van der Waals surface area contributed by atoms with Crippen molar-refractivity contribution in [3.8, 4) is 0 Å². The second kappa shape index (κ2) is 7.25. The molecule has 1 aliphatic rings. The SMILES string of the molecule is O=C(N[C@@H](Cc1ccccn1)c1ccccc1)[C@H]1BCCC1. The summed E-state index contributed by atoms with van der Waals surface area (Å²) in [5, 5.41) is 3.24. The van der Waals surface area contributed by atoms with Gasteiger partial charge in [0.15, 0.2) is 0 Å². The van der Waals surface area contributed by atoms with Crippen LogP contribution in [0.25, 0.3) is 0 Å². The lowest BCUT2D eigenvalue weighted by Crippen LogP contribution is -2.33. The minimum atomic E-state index is -0.0100. The van der Waals surface area contributed by atoms with E-state index < -0.39 is 0 Å². The van der Waals surface area contributed by atoms with Crippen LogP contribution in [0.3, 0.4) is 0 Å². The fraction of sp³-hybridized carbons (Fsp3) is 0.333. The monoisotopic (exact) mass is 292 g/mol. The van der Waals surface area contributed by atoms with Gasteiger partial charge in [-0.05, 0) is 24.1 Å². The van der Waals surface area contributed by atoms with E-state index in [0.29, 0.717) is 0 Å². The Labute approximate surface area is 132 Å². The van der Waals surface area contributed by atoms with Crippen LogP contribution in [0.5, 0.6) is 0 Å². The zero-order chi connectivity index (χ0) is 15.2. The van der Waals surface area contributed by atoms with Gasteiger partial charge in [-0.25, -0.2) is 0 Å². The summed E-state index contributed by atoms with van der Waals surface area (Å²) in [5.41, 5.74) is 2.14. The van der Waals surface area contributed by atoms with E-state index in [0.717, 1.165) is 31.4 Å². The highest BCUT2D eigenvalue weighted by Gasteiger charge is 2.26. The smallest absolute Gasteiger partial charge is 0.215 e. The first-order valence-electron chi connectivity index (χ1n) is 8.08. The van der Waals surface area contributed by atoms with Gasteiger partial charge in [-0.2, -0.15) is 0 Å². The lowest BCUT2D eigenvalue weighted by Gasteiger charge is -2.21. The first-order valence-corrected chi connectivity index (χ1v) is 8.08. The maximum Gasteiger partial charge on any atom is 0.215 e. The van der Waals surface area contributed by atoms with Crippen molar-refractivity contribution in [2.24, 2.45) is 0 Å². The summed E-state index contributed by atoms with van der Waals surface area (Å²) in [6, 6.07) is 16.1. The van der Waals surface area contributed by atoms with Crippen LogP contribution in [-0.2, 0) is 11.2 Å². The van der Waals surface area contributed by atoms with Gasteiger partial charge in [0.2, 0.25) is 5.91 Å². The topological polar surface area (TPSA) is 42.0 Å². The standard InChI is InChI=1S/C18H21BN2O/c22-18(16-10-6-11-19-16)21-17(14-7-2-1-3-8-14)13-15-9-4-5-12-20-15/h1-5,7-9,12,16-17,19H,6,10-11,13H2,(H,21,22)/t16-,17-/m0/s1. The van der Waals surface area contributed by atoms with Crippen LogP contribution in [0.4, 0.5) is 0 Å². The highest BCUT2D eigenvalue weighted by Crippen LogP contribution is 2.26. The Kier molecular flexibility index (Phi) is 4.89. The van der Waals surface area contributed by atoms with E-state index in [1.54, 1.807) is 6.20 Å². The van der Waals surface area contributed by atoms with E-state index in [2.05, 4.69) is 22.4 Å². The molecule has 3 nitrogen and oxygen atoms in total. The summed E-state index contributed by atoms with van der Waals surface area (Å²) in [6.45, 7) is 0. The molecule has 0 bridgehead atoms. The molecule has 4 heteroatoms.